The Morgan fingerprint density at radius 1 is 1.25 bits per heavy atom. The number of carboxylic acids is 1. The second-order valence-corrected chi connectivity index (χ2v) is 5.98. The number of carboxylic acid groups (broad SMARTS) is 1. The molecule has 0 aliphatic carbocycles. The number of nitrogens with one attached hydrogen (secondary N) is 1. The molecule has 2 aromatic rings. The number of thiophene rings is 1. The first-order chi connectivity index (χ1) is 9.38. The van der Waals surface area contributed by atoms with Gasteiger partial charge in [-0.05, 0) is 24.3 Å². The number of halogens is 3. The number of hydrogen-bond donors (Lipinski definition) is 2. The van der Waals surface area contributed by atoms with Gasteiger partial charge in [0.1, 0.15) is 10.2 Å². The van der Waals surface area contributed by atoms with Gasteiger partial charge in [-0.25, -0.2) is 9.18 Å². The molecule has 0 aliphatic heterocycles. The van der Waals surface area contributed by atoms with Gasteiger partial charge in [0.25, 0.3) is 5.91 Å². The van der Waals surface area contributed by atoms with Crippen molar-refractivity contribution in [3.63, 3.8) is 0 Å². The number of rotatable bonds is 3. The lowest BCUT2D eigenvalue weighted by molar-refractivity contribution is 0.0696. The molecule has 0 saturated carbocycles. The van der Waals surface area contributed by atoms with Crippen molar-refractivity contribution < 1.29 is 19.1 Å². The molecule has 1 amide bonds. The Hall–Kier alpha value is -1.63. The standard InChI is InChI=1S/C12H6Cl2FNO3S/c13-9-4-6(10(14)20-9)11(17)16-8-2-1-5(12(18)19)3-7(8)15/h1-4H,(H,16,17)(H,18,19). The van der Waals surface area contributed by atoms with Crippen molar-refractivity contribution in [2.24, 2.45) is 0 Å². The van der Waals surface area contributed by atoms with Crippen molar-refractivity contribution in [2.45, 2.75) is 0 Å². The van der Waals surface area contributed by atoms with Crippen LogP contribution in [0.1, 0.15) is 20.7 Å². The minimum atomic E-state index is -1.26. The Bertz CT molecular complexity index is 702. The predicted molar refractivity (Wildman–Crippen MR) is 75.7 cm³/mol. The molecule has 20 heavy (non-hydrogen) atoms. The number of aromatic carboxylic acids is 1. The fourth-order valence-corrected chi connectivity index (χ4v) is 2.89. The molecule has 0 spiro atoms. The summed E-state index contributed by atoms with van der Waals surface area (Å²) in [6, 6.07) is 4.54. The van der Waals surface area contributed by atoms with Gasteiger partial charge >= 0.3 is 5.97 Å². The molecular formula is C12H6Cl2FNO3S. The van der Waals surface area contributed by atoms with Crippen molar-refractivity contribution >= 4 is 52.1 Å². The zero-order valence-corrected chi connectivity index (χ0v) is 11.9. The maximum atomic E-state index is 13.7. The van der Waals surface area contributed by atoms with Gasteiger partial charge < -0.3 is 10.4 Å². The van der Waals surface area contributed by atoms with Gasteiger partial charge in [-0.1, -0.05) is 23.2 Å². The first kappa shape index (κ1) is 14.8. The van der Waals surface area contributed by atoms with E-state index in [9.17, 15) is 14.0 Å². The van der Waals surface area contributed by atoms with Gasteiger partial charge in [-0.3, -0.25) is 4.79 Å². The van der Waals surface area contributed by atoms with E-state index in [0.717, 1.165) is 17.4 Å². The van der Waals surface area contributed by atoms with Crippen molar-refractivity contribution in [1.82, 2.24) is 0 Å². The van der Waals surface area contributed by atoms with Crippen molar-refractivity contribution in [3.05, 3.63) is 49.9 Å². The first-order valence-corrected chi connectivity index (χ1v) is 6.74. The third kappa shape index (κ3) is 3.09. The average molecular weight is 334 g/mol. The third-order valence-corrected chi connectivity index (χ3v) is 3.85. The summed E-state index contributed by atoms with van der Waals surface area (Å²) in [7, 11) is 0. The van der Waals surface area contributed by atoms with Crippen molar-refractivity contribution in [3.8, 4) is 0 Å². The molecule has 0 saturated heterocycles. The average Bonchev–Trinajstić information content (AvgIpc) is 2.70. The molecular weight excluding hydrogens is 328 g/mol. The molecule has 0 bridgehead atoms. The second-order valence-electron chi connectivity index (χ2n) is 3.69. The fraction of sp³-hybridized carbons (Fsp3) is 0. The van der Waals surface area contributed by atoms with Gasteiger partial charge in [0, 0.05) is 0 Å². The van der Waals surface area contributed by atoms with Crippen molar-refractivity contribution in [1.29, 1.82) is 0 Å². The second kappa shape index (κ2) is 5.78. The zero-order valence-electron chi connectivity index (χ0n) is 9.62. The SMILES string of the molecule is O=C(O)c1ccc(NC(=O)c2cc(Cl)sc2Cl)c(F)c1. The quantitative estimate of drug-likeness (QED) is 0.886. The first-order valence-electron chi connectivity index (χ1n) is 5.17. The minimum Gasteiger partial charge on any atom is -0.478 e. The lowest BCUT2D eigenvalue weighted by Crippen LogP contribution is -2.13. The molecule has 1 heterocycles. The van der Waals surface area contributed by atoms with Crippen LogP contribution in [0.4, 0.5) is 10.1 Å². The van der Waals surface area contributed by atoms with E-state index in [1.807, 2.05) is 0 Å². The van der Waals surface area contributed by atoms with E-state index in [2.05, 4.69) is 5.32 Å². The molecule has 0 unspecified atom stereocenters. The molecule has 0 aliphatic rings. The van der Waals surface area contributed by atoms with Crippen LogP contribution in [0.5, 0.6) is 0 Å². The lowest BCUT2D eigenvalue weighted by Gasteiger charge is -2.06. The minimum absolute atomic E-state index is 0.128. The molecule has 2 rings (SSSR count). The highest BCUT2D eigenvalue weighted by molar-refractivity contribution is 7.20. The molecule has 0 fully saturated rings. The van der Waals surface area contributed by atoms with E-state index in [-0.39, 0.29) is 21.2 Å². The van der Waals surface area contributed by atoms with Gasteiger partial charge in [-0.15, -0.1) is 11.3 Å². The highest BCUT2D eigenvalue weighted by Gasteiger charge is 2.16. The summed E-state index contributed by atoms with van der Waals surface area (Å²) in [4.78, 5) is 22.6. The molecule has 8 heteroatoms. The van der Waals surface area contributed by atoms with Crippen LogP contribution in [0.3, 0.4) is 0 Å². The maximum Gasteiger partial charge on any atom is 0.335 e. The maximum absolute atomic E-state index is 13.7. The number of carbonyl (C=O) groups excluding carboxylic acids is 1. The smallest absolute Gasteiger partial charge is 0.335 e. The van der Waals surface area contributed by atoms with E-state index in [1.54, 1.807) is 0 Å². The summed E-state index contributed by atoms with van der Waals surface area (Å²) in [6.45, 7) is 0. The summed E-state index contributed by atoms with van der Waals surface area (Å²) in [5, 5.41) is 11.0. The predicted octanol–water partition coefficient (Wildman–Crippen LogP) is 4.14. The molecule has 1 aromatic heterocycles. The van der Waals surface area contributed by atoms with Gasteiger partial charge in [0.2, 0.25) is 0 Å². The number of carbonyl (C=O) groups is 2. The highest BCUT2D eigenvalue weighted by atomic mass is 35.5. The molecule has 104 valence electrons. The van der Waals surface area contributed by atoms with E-state index in [4.69, 9.17) is 28.3 Å². The summed E-state index contributed by atoms with van der Waals surface area (Å²) in [5.41, 5.74) is -0.223. The van der Waals surface area contributed by atoms with Crippen LogP contribution in [0.2, 0.25) is 8.67 Å². The Balaban J connectivity index is 2.24. The Labute approximate surface area is 126 Å². The summed E-state index contributed by atoms with van der Waals surface area (Å²) in [6.07, 6.45) is 0. The molecule has 1 aromatic carbocycles. The zero-order chi connectivity index (χ0) is 14.9. The molecule has 4 nitrogen and oxygen atoms in total. The summed E-state index contributed by atoms with van der Waals surface area (Å²) in [5.74, 6) is -2.73. The normalized spacial score (nSPS) is 10.3. The van der Waals surface area contributed by atoms with Gasteiger partial charge in [0.15, 0.2) is 0 Å². The van der Waals surface area contributed by atoms with Crippen LogP contribution >= 0.6 is 34.5 Å². The van der Waals surface area contributed by atoms with E-state index in [1.165, 1.54) is 18.2 Å². The largest absolute Gasteiger partial charge is 0.478 e. The lowest BCUT2D eigenvalue weighted by atomic mass is 10.2. The Kier molecular flexibility index (Phi) is 4.27. The Morgan fingerprint density at radius 2 is 1.95 bits per heavy atom. The van der Waals surface area contributed by atoms with E-state index in [0.29, 0.717) is 4.34 Å². The third-order valence-electron chi connectivity index (χ3n) is 2.37. The highest BCUT2D eigenvalue weighted by Crippen LogP contribution is 2.31. The summed E-state index contributed by atoms with van der Waals surface area (Å²) < 4.78 is 14.2. The van der Waals surface area contributed by atoms with Crippen LogP contribution in [-0.2, 0) is 0 Å². The number of anilines is 1. The van der Waals surface area contributed by atoms with E-state index >= 15 is 0 Å². The van der Waals surface area contributed by atoms with Crippen molar-refractivity contribution in [2.75, 3.05) is 5.32 Å². The number of benzene rings is 1. The summed E-state index contributed by atoms with van der Waals surface area (Å²) >= 11 is 12.5. The number of amides is 1. The number of hydrogen-bond acceptors (Lipinski definition) is 3. The van der Waals surface area contributed by atoms with Gasteiger partial charge in [0.05, 0.1) is 21.2 Å². The van der Waals surface area contributed by atoms with Crippen LogP contribution in [0, 0.1) is 5.82 Å². The van der Waals surface area contributed by atoms with Crippen LogP contribution < -0.4 is 5.32 Å². The monoisotopic (exact) mass is 333 g/mol. The van der Waals surface area contributed by atoms with Crippen LogP contribution in [0.25, 0.3) is 0 Å². The molecule has 2 N–H and O–H groups in total. The molecule has 0 radical (unpaired) electrons. The fourth-order valence-electron chi connectivity index (χ4n) is 1.43. The van der Waals surface area contributed by atoms with Gasteiger partial charge in [-0.2, -0.15) is 0 Å². The van der Waals surface area contributed by atoms with Crippen LogP contribution in [0.15, 0.2) is 24.3 Å². The Morgan fingerprint density at radius 3 is 2.45 bits per heavy atom. The molecule has 0 atom stereocenters. The van der Waals surface area contributed by atoms with E-state index < -0.39 is 17.7 Å². The van der Waals surface area contributed by atoms with Crippen LogP contribution in [-0.4, -0.2) is 17.0 Å². The topological polar surface area (TPSA) is 66.4 Å².